The summed E-state index contributed by atoms with van der Waals surface area (Å²) in [5.74, 6) is -0.811. The van der Waals surface area contributed by atoms with E-state index in [1.54, 1.807) is 0 Å². The third-order valence-electron chi connectivity index (χ3n) is 9.87. The summed E-state index contributed by atoms with van der Waals surface area (Å²) in [6, 6.07) is 0. The summed E-state index contributed by atoms with van der Waals surface area (Å²) >= 11 is 0. The second-order valence-corrected chi connectivity index (χ2v) is 18.2. The van der Waals surface area contributed by atoms with Crippen molar-refractivity contribution in [3.8, 4) is 0 Å². The normalized spacial score (nSPS) is 14.0. The maximum atomic E-state index is 12.7. The van der Waals surface area contributed by atoms with Gasteiger partial charge < -0.3 is 18.9 Å². The van der Waals surface area contributed by atoms with E-state index in [1.807, 2.05) is 21.1 Å². The minimum Gasteiger partial charge on any atom is -0.462 e. The molecule has 0 fully saturated rings. The predicted octanol–water partition coefficient (Wildman–Crippen LogP) is 13.5. The maximum Gasteiger partial charge on any atom is 0.472 e. The van der Waals surface area contributed by atoms with E-state index in [-0.39, 0.29) is 32.0 Å². The van der Waals surface area contributed by atoms with Crippen LogP contribution in [0.25, 0.3) is 0 Å². The van der Waals surface area contributed by atoms with Gasteiger partial charge in [-0.3, -0.25) is 18.6 Å². The van der Waals surface area contributed by atoms with Gasteiger partial charge >= 0.3 is 19.8 Å². The third-order valence-corrected chi connectivity index (χ3v) is 10.9. The number of quaternary nitrogens is 1. The van der Waals surface area contributed by atoms with Crippen LogP contribution in [0, 0.1) is 0 Å². The first-order valence-electron chi connectivity index (χ1n) is 23.4. The Kier molecular flexibility index (Phi) is 39.0. The van der Waals surface area contributed by atoms with Crippen LogP contribution in [-0.2, 0) is 32.7 Å². The second kappa shape index (κ2) is 40.4. The molecule has 0 aliphatic heterocycles. The number of unbranched alkanes of at least 4 members (excludes halogenated alkanes) is 20. The monoisotopic (exact) mass is 839 g/mol. The molecule has 2 atom stereocenters. The Bertz CT molecular complexity index is 1130. The fourth-order valence-electron chi connectivity index (χ4n) is 6.24. The number of likely N-dealkylation sites (N-methyl/N-ethyl adjacent to an activating group) is 1. The van der Waals surface area contributed by atoms with Gasteiger partial charge in [0.05, 0.1) is 27.7 Å². The quantitative estimate of drug-likeness (QED) is 0.0213. The van der Waals surface area contributed by atoms with Crippen molar-refractivity contribution in [2.45, 2.75) is 200 Å². The number of phosphoric ester groups is 1. The standard InChI is InChI=1S/C48H88NO8P/c1-6-8-10-12-14-16-18-20-22-23-24-25-27-29-31-33-35-37-39-41-48(51)57-46(45-56-58(52,53)55-43-42-49(3,4)5)44-54-47(50)40-38-36-34-32-30-28-26-21-19-17-15-13-11-9-7-2/h8,10,14,16,20,22,24-25,46H,6-7,9,11-13,15,17-19,21,23,26-45H2,1-5H3/p+1/b10-8-,16-14-,22-20-,25-24-. The Morgan fingerprint density at radius 1 is 0.552 bits per heavy atom. The average molecular weight is 839 g/mol. The van der Waals surface area contributed by atoms with E-state index in [0.29, 0.717) is 17.4 Å². The molecule has 0 saturated heterocycles. The fourth-order valence-corrected chi connectivity index (χ4v) is 6.98. The second-order valence-electron chi connectivity index (χ2n) is 16.8. The van der Waals surface area contributed by atoms with Gasteiger partial charge in [-0.25, -0.2) is 4.57 Å². The van der Waals surface area contributed by atoms with E-state index in [0.717, 1.165) is 83.5 Å². The molecule has 1 N–H and O–H groups in total. The number of hydrogen-bond acceptors (Lipinski definition) is 7. The number of rotatable bonds is 42. The zero-order valence-electron chi connectivity index (χ0n) is 38.0. The van der Waals surface area contributed by atoms with Gasteiger partial charge in [0.15, 0.2) is 6.10 Å². The SMILES string of the molecule is CC/C=C\C/C=C\C/C=C\C/C=C\CCCCCCCCC(=O)OC(COC(=O)CCCCCCCCCCCCCCCCC)COP(=O)(O)OCC[N+](C)(C)C. The lowest BCUT2D eigenvalue weighted by Crippen LogP contribution is -2.37. The number of allylic oxidation sites excluding steroid dienone is 8. The number of carbonyl (C=O) groups excluding carboxylic acids is 2. The first kappa shape index (κ1) is 56.0. The molecular formula is C48H89NO8P+. The number of ether oxygens (including phenoxy) is 2. The Hall–Kier alpha value is -2.03. The van der Waals surface area contributed by atoms with Gasteiger partial charge in [-0.05, 0) is 51.4 Å². The van der Waals surface area contributed by atoms with Gasteiger partial charge in [-0.15, -0.1) is 0 Å². The molecule has 58 heavy (non-hydrogen) atoms. The number of hydrogen-bond donors (Lipinski definition) is 1. The molecule has 0 bridgehead atoms. The van der Waals surface area contributed by atoms with Crippen molar-refractivity contribution in [1.82, 2.24) is 0 Å². The minimum atomic E-state index is -4.38. The van der Waals surface area contributed by atoms with Gasteiger partial charge in [0.1, 0.15) is 19.8 Å². The first-order chi connectivity index (χ1) is 28.0. The van der Waals surface area contributed by atoms with Crippen molar-refractivity contribution < 1.29 is 42.1 Å². The average Bonchev–Trinajstić information content (AvgIpc) is 3.17. The fraction of sp³-hybridized carbons (Fsp3) is 0.792. The molecule has 0 spiro atoms. The summed E-state index contributed by atoms with van der Waals surface area (Å²) in [7, 11) is 1.47. The number of phosphoric acid groups is 1. The van der Waals surface area contributed by atoms with Crippen LogP contribution in [0.2, 0.25) is 0 Å². The van der Waals surface area contributed by atoms with E-state index in [9.17, 15) is 19.0 Å². The van der Waals surface area contributed by atoms with Gasteiger partial charge in [0.2, 0.25) is 0 Å². The molecule has 2 unspecified atom stereocenters. The predicted molar refractivity (Wildman–Crippen MR) is 243 cm³/mol. The lowest BCUT2D eigenvalue weighted by molar-refractivity contribution is -0.870. The van der Waals surface area contributed by atoms with Crippen LogP contribution >= 0.6 is 7.82 Å². The zero-order valence-corrected chi connectivity index (χ0v) is 38.9. The van der Waals surface area contributed by atoms with Crippen molar-refractivity contribution in [1.29, 1.82) is 0 Å². The highest BCUT2D eigenvalue weighted by atomic mass is 31.2. The summed E-state index contributed by atoms with van der Waals surface area (Å²) in [6.07, 6.45) is 47.2. The summed E-state index contributed by atoms with van der Waals surface area (Å²) in [5.41, 5.74) is 0. The first-order valence-corrected chi connectivity index (χ1v) is 24.9. The van der Waals surface area contributed by atoms with Crippen LogP contribution in [0.4, 0.5) is 0 Å². The highest BCUT2D eigenvalue weighted by Gasteiger charge is 2.27. The van der Waals surface area contributed by atoms with E-state index in [4.69, 9.17) is 18.5 Å². The highest BCUT2D eigenvalue weighted by molar-refractivity contribution is 7.47. The molecule has 0 aromatic heterocycles. The molecule has 0 aromatic rings. The van der Waals surface area contributed by atoms with Crippen LogP contribution in [-0.4, -0.2) is 74.9 Å². The molecule has 0 aromatic carbocycles. The lowest BCUT2D eigenvalue weighted by Gasteiger charge is -2.24. The summed E-state index contributed by atoms with van der Waals surface area (Å²) in [6.45, 7) is 4.30. The molecule has 0 aliphatic carbocycles. The van der Waals surface area contributed by atoms with Gasteiger partial charge in [-0.2, -0.15) is 0 Å². The molecule has 0 amide bonds. The van der Waals surface area contributed by atoms with Crippen LogP contribution in [0.5, 0.6) is 0 Å². The Balaban J connectivity index is 4.34. The molecule has 0 rings (SSSR count). The summed E-state index contributed by atoms with van der Waals surface area (Å²) < 4.78 is 34.4. The summed E-state index contributed by atoms with van der Waals surface area (Å²) in [4.78, 5) is 35.4. The van der Waals surface area contributed by atoms with Gasteiger partial charge in [0, 0.05) is 12.8 Å². The van der Waals surface area contributed by atoms with Crippen LogP contribution in [0.3, 0.4) is 0 Å². The van der Waals surface area contributed by atoms with Crippen molar-refractivity contribution in [3.63, 3.8) is 0 Å². The molecule has 10 heteroatoms. The lowest BCUT2D eigenvalue weighted by atomic mass is 10.0. The topological polar surface area (TPSA) is 108 Å². The van der Waals surface area contributed by atoms with Crippen LogP contribution in [0.15, 0.2) is 48.6 Å². The van der Waals surface area contributed by atoms with Crippen molar-refractivity contribution in [2.75, 3.05) is 47.5 Å². The molecule has 0 radical (unpaired) electrons. The van der Waals surface area contributed by atoms with Gasteiger partial charge in [0.25, 0.3) is 0 Å². The molecule has 338 valence electrons. The van der Waals surface area contributed by atoms with Crippen LogP contribution < -0.4 is 0 Å². The van der Waals surface area contributed by atoms with Crippen molar-refractivity contribution in [2.24, 2.45) is 0 Å². The number of nitrogens with zero attached hydrogens (tertiary/aromatic N) is 1. The number of esters is 2. The van der Waals surface area contributed by atoms with Gasteiger partial charge in [-0.1, -0.05) is 178 Å². The zero-order chi connectivity index (χ0) is 42.8. The largest absolute Gasteiger partial charge is 0.472 e. The van der Waals surface area contributed by atoms with Crippen molar-refractivity contribution in [3.05, 3.63) is 48.6 Å². The third kappa shape index (κ3) is 43.5. The molecular weight excluding hydrogens is 750 g/mol. The number of carbonyl (C=O) groups is 2. The molecule has 9 nitrogen and oxygen atoms in total. The van der Waals surface area contributed by atoms with E-state index in [1.165, 1.54) is 77.0 Å². The molecule has 0 heterocycles. The molecule has 0 aliphatic rings. The molecule has 0 saturated carbocycles. The Morgan fingerprint density at radius 2 is 0.983 bits per heavy atom. The maximum absolute atomic E-state index is 12.7. The van der Waals surface area contributed by atoms with Crippen molar-refractivity contribution >= 4 is 19.8 Å². The minimum absolute atomic E-state index is 0.0282. The smallest absolute Gasteiger partial charge is 0.462 e. The Labute approximate surface area is 356 Å². The highest BCUT2D eigenvalue weighted by Crippen LogP contribution is 2.43. The van der Waals surface area contributed by atoms with E-state index in [2.05, 4.69) is 62.5 Å². The van der Waals surface area contributed by atoms with Crippen LogP contribution in [0.1, 0.15) is 194 Å². The van der Waals surface area contributed by atoms with E-state index < -0.39 is 26.5 Å². The Morgan fingerprint density at radius 3 is 1.47 bits per heavy atom. The van der Waals surface area contributed by atoms with E-state index >= 15 is 0 Å². The summed E-state index contributed by atoms with van der Waals surface area (Å²) in [5, 5.41) is 0.